The molecular formula is C7H11N5. The van der Waals surface area contributed by atoms with Crippen molar-refractivity contribution in [2.24, 2.45) is 5.84 Å². The summed E-state index contributed by atoms with van der Waals surface area (Å²) >= 11 is 0. The van der Waals surface area contributed by atoms with Gasteiger partial charge < -0.3 is 5.73 Å². The molecule has 0 unspecified atom stereocenters. The van der Waals surface area contributed by atoms with Crippen LogP contribution in [-0.2, 0) is 0 Å². The maximum absolute atomic E-state index is 7.46. The number of nitrogen functional groups attached to an aromatic ring is 1. The zero-order chi connectivity index (χ0) is 9.14. The topological polar surface area (TPSA) is 92.0 Å². The molecule has 0 aromatic carbocycles. The Labute approximate surface area is 70.5 Å². The van der Waals surface area contributed by atoms with Crippen LogP contribution in [0.25, 0.3) is 0 Å². The van der Waals surface area contributed by atoms with E-state index in [1.54, 1.807) is 25.2 Å². The van der Waals surface area contributed by atoms with Crippen LogP contribution in [0.15, 0.2) is 18.2 Å². The van der Waals surface area contributed by atoms with E-state index in [1.165, 1.54) is 5.01 Å². The Morgan fingerprint density at radius 1 is 1.58 bits per heavy atom. The minimum Gasteiger partial charge on any atom is -0.384 e. The van der Waals surface area contributed by atoms with Crippen molar-refractivity contribution in [2.45, 2.75) is 0 Å². The highest BCUT2D eigenvalue weighted by atomic mass is 15.4. The molecule has 64 valence electrons. The average molecular weight is 165 g/mol. The van der Waals surface area contributed by atoms with Gasteiger partial charge in [0.1, 0.15) is 11.5 Å². The molecule has 1 aromatic rings. The number of nitrogens with one attached hydrogen (secondary N) is 1. The molecule has 1 rings (SSSR count). The van der Waals surface area contributed by atoms with E-state index in [9.17, 15) is 0 Å². The van der Waals surface area contributed by atoms with Gasteiger partial charge in [0.25, 0.3) is 0 Å². The number of nitrogens with zero attached hydrogens (tertiary/aromatic N) is 2. The Kier molecular flexibility index (Phi) is 2.25. The molecule has 5 nitrogen and oxygen atoms in total. The molecule has 0 radical (unpaired) electrons. The number of nitrogens with two attached hydrogens (primary N) is 2. The van der Waals surface area contributed by atoms with E-state index in [4.69, 9.17) is 17.0 Å². The van der Waals surface area contributed by atoms with Crippen LogP contribution in [0.5, 0.6) is 0 Å². The number of pyridine rings is 1. The summed E-state index contributed by atoms with van der Waals surface area (Å²) in [5.74, 6) is 5.88. The van der Waals surface area contributed by atoms with Gasteiger partial charge in [-0.05, 0) is 12.1 Å². The van der Waals surface area contributed by atoms with E-state index in [1.807, 2.05) is 0 Å². The first kappa shape index (κ1) is 8.48. The van der Waals surface area contributed by atoms with Crippen molar-refractivity contribution < 1.29 is 0 Å². The van der Waals surface area contributed by atoms with Crippen molar-refractivity contribution >= 4 is 11.7 Å². The number of hydrazine groups is 1. The van der Waals surface area contributed by atoms with Crippen LogP contribution in [0.3, 0.4) is 0 Å². The minimum absolute atomic E-state index is 0.141. The normalized spacial score (nSPS) is 9.50. The Bertz CT molecular complexity index is 294. The molecule has 0 aliphatic rings. The molecule has 1 aromatic heterocycles. The summed E-state index contributed by atoms with van der Waals surface area (Å²) in [6, 6.07) is 5.07. The van der Waals surface area contributed by atoms with Crippen molar-refractivity contribution in [3.05, 3.63) is 23.9 Å². The zero-order valence-electron chi connectivity index (χ0n) is 6.78. The van der Waals surface area contributed by atoms with Crippen LogP contribution in [0, 0.1) is 5.41 Å². The van der Waals surface area contributed by atoms with Crippen LogP contribution in [-0.4, -0.2) is 22.9 Å². The summed E-state index contributed by atoms with van der Waals surface area (Å²) in [6.45, 7) is 0. The monoisotopic (exact) mass is 165 g/mol. The van der Waals surface area contributed by atoms with Gasteiger partial charge in [0.15, 0.2) is 5.84 Å². The largest absolute Gasteiger partial charge is 0.384 e. The van der Waals surface area contributed by atoms with Gasteiger partial charge in [0.05, 0.1) is 0 Å². The third-order valence-electron chi connectivity index (χ3n) is 1.37. The second kappa shape index (κ2) is 3.19. The highest BCUT2D eigenvalue weighted by molar-refractivity contribution is 5.94. The van der Waals surface area contributed by atoms with Gasteiger partial charge in [-0.3, -0.25) is 10.4 Å². The van der Waals surface area contributed by atoms with Crippen molar-refractivity contribution in [1.29, 1.82) is 5.41 Å². The van der Waals surface area contributed by atoms with Gasteiger partial charge in [0, 0.05) is 7.05 Å². The van der Waals surface area contributed by atoms with Crippen LogP contribution in [0.4, 0.5) is 5.82 Å². The predicted octanol–water partition coefficient (Wildman–Crippen LogP) is -0.205. The first-order valence-electron chi connectivity index (χ1n) is 3.41. The number of amidine groups is 1. The van der Waals surface area contributed by atoms with Crippen molar-refractivity contribution in [1.82, 2.24) is 9.99 Å². The molecule has 5 heteroatoms. The summed E-state index contributed by atoms with van der Waals surface area (Å²) < 4.78 is 0. The summed E-state index contributed by atoms with van der Waals surface area (Å²) in [7, 11) is 1.58. The number of anilines is 1. The second-order valence-electron chi connectivity index (χ2n) is 2.41. The summed E-state index contributed by atoms with van der Waals surface area (Å²) in [5.41, 5.74) is 5.90. The summed E-state index contributed by atoms with van der Waals surface area (Å²) in [4.78, 5) is 3.93. The van der Waals surface area contributed by atoms with Crippen LogP contribution in [0.2, 0.25) is 0 Å². The lowest BCUT2D eigenvalue weighted by Gasteiger charge is -2.11. The highest BCUT2D eigenvalue weighted by Crippen LogP contribution is 2.01. The van der Waals surface area contributed by atoms with E-state index in [0.29, 0.717) is 11.5 Å². The standard InChI is InChI=1S/C7H11N5/c1-12(10)7(9)5-3-2-4-6(8)11-5/h2-4,9H,10H2,1H3,(H2,8,11). The molecule has 0 aliphatic heterocycles. The number of hydrogen-bond acceptors (Lipinski definition) is 4. The SMILES string of the molecule is CN(N)C(=N)c1cccc(N)n1. The molecular weight excluding hydrogens is 154 g/mol. The van der Waals surface area contributed by atoms with Gasteiger partial charge in [0.2, 0.25) is 0 Å². The fourth-order valence-electron chi connectivity index (χ4n) is 0.764. The molecule has 12 heavy (non-hydrogen) atoms. The van der Waals surface area contributed by atoms with Gasteiger partial charge in [-0.2, -0.15) is 0 Å². The third-order valence-corrected chi connectivity index (χ3v) is 1.37. The molecule has 0 saturated carbocycles. The number of rotatable bonds is 1. The van der Waals surface area contributed by atoms with Crippen molar-refractivity contribution in [3.8, 4) is 0 Å². The maximum atomic E-state index is 7.46. The highest BCUT2D eigenvalue weighted by Gasteiger charge is 2.04. The molecule has 0 fully saturated rings. The molecule has 0 aliphatic carbocycles. The van der Waals surface area contributed by atoms with Crippen LogP contribution >= 0.6 is 0 Å². The Balaban J connectivity index is 2.96. The average Bonchev–Trinajstić information content (AvgIpc) is 2.03. The second-order valence-corrected chi connectivity index (χ2v) is 2.41. The first-order chi connectivity index (χ1) is 5.61. The lowest BCUT2D eigenvalue weighted by molar-refractivity contribution is 0.534. The fourth-order valence-corrected chi connectivity index (χ4v) is 0.764. The summed E-state index contributed by atoms with van der Waals surface area (Å²) in [6.07, 6.45) is 0. The first-order valence-corrected chi connectivity index (χ1v) is 3.41. The van der Waals surface area contributed by atoms with Gasteiger partial charge in [-0.1, -0.05) is 6.07 Å². The van der Waals surface area contributed by atoms with E-state index >= 15 is 0 Å². The molecule has 1 heterocycles. The fraction of sp³-hybridized carbons (Fsp3) is 0.143. The number of hydrogen-bond donors (Lipinski definition) is 3. The molecule has 0 atom stereocenters. The van der Waals surface area contributed by atoms with E-state index < -0.39 is 0 Å². The quantitative estimate of drug-likeness (QED) is 0.232. The third kappa shape index (κ3) is 1.70. The maximum Gasteiger partial charge on any atom is 0.161 e. The smallest absolute Gasteiger partial charge is 0.161 e. The Morgan fingerprint density at radius 2 is 2.25 bits per heavy atom. The molecule has 0 spiro atoms. The molecule has 5 N–H and O–H groups in total. The Morgan fingerprint density at radius 3 is 2.75 bits per heavy atom. The van der Waals surface area contributed by atoms with Crippen molar-refractivity contribution in [3.63, 3.8) is 0 Å². The van der Waals surface area contributed by atoms with E-state index in [-0.39, 0.29) is 5.84 Å². The summed E-state index contributed by atoms with van der Waals surface area (Å²) in [5, 5.41) is 8.65. The Hall–Kier alpha value is -1.62. The molecule has 0 amide bonds. The van der Waals surface area contributed by atoms with Gasteiger partial charge in [-0.25, -0.2) is 10.8 Å². The number of aromatic nitrogens is 1. The molecule has 0 saturated heterocycles. The van der Waals surface area contributed by atoms with Crippen molar-refractivity contribution in [2.75, 3.05) is 12.8 Å². The predicted molar refractivity (Wildman–Crippen MR) is 47.4 cm³/mol. The van der Waals surface area contributed by atoms with E-state index in [0.717, 1.165) is 0 Å². The van der Waals surface area contributed by atoms with Gasteiger partial charge >= 0.3 is 0 Å². The lowest BCUT2D eigenvalue weighted by Crippen LogP contribution is -2.33. The lowest BCUT2D eigenvalue weighted by atomic mass is 10.3. The van der Waals surface area contributed by atoms with Crippen LogP contribution in [0.1, 0.15) is 5.69 Å². The van der Waals surface area contributed by atoms with Crippen LogP contribution < -0.4 is 11.6 Å². The molecule has 0 bridgehead atoms. The zero-order valence-corrected chi connectivity index (χ0v) is 6.78. The van der Waals surface area contributed by atoms with E-state index in [2.05, 4.69) is 4.98 Å². The van der Waals surface area contributed by atoms with Gasteiger partial charge in [-0.15, -0.1) is 0 Å². The minimum atomic E-state index is 0.141.